The first-order chi connectivity index (χ1) is 59.5. The molecule has 0 saturated carbocycles. The lowest BCUT2D eigenvalue weighted by molar-refractivity contribution is 0.204. The molecule has 120 heavy (non-hydrogen) atoms. The third-order valence-corrected chi connectivity index (χ3v) is 26.7. The molecular weight excluding hydrogens is 1510 g/mol. The van der Waals surface area contributed by atoms with Crippen LogP contribution in [0.5, 0.6) is 46.0 Å². The van der Waals surface area contributed by atoms with Crippen LogP contribution in [-0.4, -0.2) is 289 Å². The van der Waals surface area contributed by atoms with E-state index in [1.807, 2.05) is 0 Å². The van der Waals surface area contributed by atoms with Gasteiger partial charge in [-0.1, -0.05) is 51.4 Å². The summed E-state index contributed by atoms with van der Waals surface area (Å²) in [5.41, 5.74) is 4.79. The highest BCUT2D eigenvalue weighted by Gasteiger charge is 2.34. The molecule has 8 bridgehead atoms. The molecule has 0 unspecified atom stereocenters. The van der Waals surface area contributed by atoms with Crippen LogP contribution in [0.4, 0.5) is 0 Å². The van der Waals surface area contributed by atoms with Crippen molar-refractivity contribution < 1.29 is 37.9 Å². The van der Waals surface area contributed by atoms with Crippen LogP contribution in [0, 0.1) is 0 Å². The van der Waals surface area contributed by atoms with Gasteiger partial charge >= 0.3 is 0 Å². The molecule has 7 aromatic rings. The molecule has 17 rings (SSSR count). The molecule has 13 heterocycles. The van der Waals surface area contributed by atoms with Gasteiger partial charge in [0.05, 0.1) is 96.7 Å². The lowest BCUT2D eigenvalue weighted by Crippen LogP contribution is -2.31. The Morgan fingerprint density at radius 1 is 0.192 bits per heavy atom. The van der Waals surface area contributed by atoms with Gasteiger partial charge in [0.2, 0.25) is 0 Å². The van der Waals surface area contributed by atoms with Gasteiger partial charge in [-0.3, -0.25) is 0 Å². The maximum atomic E-state index is 7.22. The Hall–Kier alpha value is -7.68. The highest BCUT2D eigenvalue weighted by Crippen LogP contribution is 2.51. The quantitative estimate of drug-likeness (QED) is 0.0342. The van der Waals surface area contributed by atoms with E-state index in [4.69, 9.17) is 67.8 Å². The van der Waals surface area contributed by atoms with Gasteiger partial charge in [-0.05, 0) is 307 Å². The SMILES string of the molecule is c1cc(OCCCN2CCCCC2)c2c(c1OCCCN1CCCCC1)-c1nc-2nc2[nH]c(nc3nc(nc4[nH]c(n1)c1c(OCCCN5CCCCC5)ccc(OCCCN5CCCCC5)c41)-c1c(OCCCN4CCCCC4)ccc(OCCCN4CCCCC4)c1-3)c1c(OCCCN3CCCCC3)ccc(OCCCN3CCCCC3)c21. The van der Waals surface area contributed by atoms with Gasteiger partial charge in [0.1, 0.15) is 68.6 Å². The molecule has 0 aliphatic carbocycles. The standard InChI is InChI=1S/C96H138N16O8/c1-9-41-105(42-10-1)57-25-65-113-73-33-34-74(114-66-26-58-106-43-11-2-12-44-106)82-81(73)89-97-90(82)102-92-85-77(117-69-29-61-109-49-17-5-18-50-109)37-38-78(118-70-30-62-110-51-19-6-20-52-110)86(85)94(99-92)104-96-88-80(120-72-32-64-112-55-23-8-24-56-112)40-39-79(119-71-31-63-111-53-21-7-22-54-111)87(88)95(100-96)103-93-84-76(116-68-28-60-108-47-15-4-16-48-108)36-35-75(83(84)91(98-93)101-89)115-67-27-59-107-45-13-3-14-46-107/h33-40H,1-32,41-72H2,(H2,97,98,99,100,101,102,103,104). The van der Waals surface area contributed by atoms with E-state index >= 15 is 0 Å². The van der Waals surface area contributed by atoms with Crippen LogP contribution in [0.25, 0.3) is 89.7 Å². The number of fused-ring (bicyclic) bond motifs is 20. The minimum absolute atomic E-state index is 0.411. The largest absolute Gasteiger partial charge is 0.493 e. The number of benzene rings is 4. The summed E-state index contributed by atoms with van der Waals surface area (Å²) in [4.78, 5) is 63.8. The van der Waals surface area contributed by atoms with Crippen molar-refractivity contribution in [3.8, 4) is 91.5 Å². The summed E-state index contributed by atoms with van der Waals surface area (Å²) in [5.74, 6) is 6.92. The second-order valence-corrected chi connectivity index (χ2v) is 35.7. The van der Waals surface area contributed by atoms with E-state index in [1.54, 1.807) is 0 Å². The molecule has 4 aromatic carbocycles. The number of likely N-dealkylation sites (tertiary alicyclic amines) is 8. The van der Waals surface area contributed by atoms with E-state index in [2.05, 4.69) is 97.7 Å². The molecule has 0 atom stereocenters. The van der Waals surface area contributed by atoms with E-state index in [-0.39, 0.29) is 0 Å². The van der Waals surface area contributed by atoms with Crippen LogP contribution < -0.4 is 37.9 Å². The van der Waals surface area contributed by atoms with Crippen molar-refractivity contribution in [2.24, 2.45) is 0 Å². The fourth-order valence-electron chi connectivity index (χ4n) is 20.3. The summed E-state index contributed by atoms with van der Waals surface area (Å²) in [6, 6.07) is 16.6. The normalized spacial score (nSPS) is 19.2. The fraction of sp³-hybridized carbons (Fsp3) is 0.667. The molecule has 10 aliphatic heterocycles. The van der Waals surface area contributed by atoms with Gasteiger partial charge in [-0.15, -0.1) is 0 Å². The lowest BCUT2D eigenvalue weighted by atomic mass is 10.1. The topological polar surface area (TPSA) is 209 Å². The van der Waals surface area contributed by atoms with Crippen molar-refractivity contribution in [3.05, 3.63) is 48.5 Å². The number of hydrogen-bond donors (Lipinski definition) is 2. The molecule has 8 saturated heterocycles. The highest BCUT2D eigenvalue weighted by atomic mass is 16.5. The number of aromatic nitrogens is 8. The Morgan fingerprint density at radius 3 is 0.508 bits per heavy atom. The van der Waals surface area contributed by atoms with Gasteiger partial charge in [0, 0.05) is 52.4 Å². The Bertz CT molecular complexity index is 4020. The number of nitrogens with one attached hydrogen (secondary N) is 2. The minimum atomic E-state index is 0.411. The summed E-state index contributed by atoms with van der Waals surface area (Å²) >= 11 is 0. The van der Waals surface area contributed by atoms with E-state index in [9.17, 15) is 0 Å². The molecule has 8 fully saturated rings. The Labute approximate surface area is 712 Å². The third kappa shape index (κ3) is 22.1. The van der Waals surface area contributed by atoms with Crippen molar-refractivity contribution in [1.82, 2.24) is 79.1 Å². The van der Waals surface area contributed by atoms with E-state index in [1.165, 1.54) is 154 Å². The summed E-state index contributed by atoms with van der Waals surface area (Å²) in [6.07, 6.45) is 36.8. The second kappa shape index (κ2) is 43.6. The lowest BCUT2D eigenvalue weighted by Gasteiger charge is -2.26. The van der Waals surface area contributed by atoms with E-state index < -0.39 is 0 Å². The van der Waals surface area contributed by atoms with E-state index in [0.29, 0.717) is 167 Å². The smallest absolute Gasteiger partial charge is 0.168 e. The summed E-state index contributed by atoms with van der Waals surface area (Å²) in [6.45, 7) is 29.4. The molecule has 3 aromatic heterocycles. The zero-order valence-electron chi connectivity index (χ0n) is 72.4. The fourth-order valence-corrected chi connectivity index (χ4v) is 20.3. The maximum Gasteiger partial charge on any atom is 0.168 e. The molecule has 10 aliphatic rings. The van der Waals surface area contributed by atoms with Crippen LogP contribution in [-0.2, 0) is 0 Å². The second-order valence-electron chi connectivity index (χ2n) is 35.7. The number of rotatable bonds is 40. The van der Waals surface area contributed by atoms with Crippen molar-refractivity contribution >= 4 is 44.1 Å². The summed E-state index contributed by atoms with van der Waals surface area (Å²) < 4.78 is 57.7. The monoisotopic (exact) mass is 1640 g/mol. The molecule has 2 N–H and O–H groups in total. The first kappa shape index (κ1) is 84.5. The zero-order chi connectivity index (χ0) is 80.7. The van der Waals surface area contributed by atoms with E-state index in [0.717, 1.165) is 230 Å². The highest BCUT2D eigenvalue weighted by molar-refractivity contribution is 6.13. The maximum absolute atomic E-state index is 7.22. The minimum Gasteiger partial charge on any atom is -0.493 e. The summed E-state index contributed by atoms with van der Waals surface area (Å²) in [5, 5.41) is 2.91. The number of hydrogen-bond acceptors (Lipinski definition) is 22. The van der Waals surface area contributed by atoms with Crippen LogP contribution in [0.15, 0.2) is 48.5 Å². The molecule has 0 radical (unpaired) electrons. The Kier molecular flexibility index (Phi) is 30.7. The van der Waals surface area contributed by atoms with Gasteiger partial charge < -0.3 is 87.1 Å². The molecule has 0 amide bonds. The number of aromatic amines is 2. The predicted octanol–water partition coefficient (Wildman–Crippen LogP) is 16.9. The van der Waals surface area contributed by atoms with Crippen LogP contribution in [0.1, 0.15) is 205 Å². The van der Waals surface area contributed by atoms with Gasteiger partial charge in [0.25, 0.3) is 0 Å². The molecule has 24 heteroatoms. The number of nitrogens with zero attached hydrogens (tertiary/aromatic N) is 14. The summed E-state index contributed by atoms with van der Waals surface area (Å²) in [7, 11) is 0. The number of ether oxygens (including phenoxy) is 8. The van der Waals surface area contributed by atoms with Gasteiger partial charge in [-0.2, -0.15) is 0 Å². The average Bonchev–Trinajstić information content (AvgIpc) is 1.58. The molecule has 0 spiro atoms. The predicted molar refractivity (Wildman–Crippen MR) is 479 cm³/mol. The third-order valence-electron chi connectivity index (χ3n) is 26.7. The first-order valence-electron chi connectivity index (χ1n) is 47.9. The Morgan fingerprint density at radius 2 is 0.342 bits per heavy atom. The van der Waals surface area contributed by atoms with Crippen molar-refractivity contribution in [2.45, 2.75) is 205 Å². The van der Waals surface area contributed by atoms with Gasteiger partial charge in [-0.25, -0.2) is 29.9 Å². The zero-order valence-corrected chi connectivity index (χ0v) is 72.4. The molecular formula is C96H138N16O8. The van der Waals surface area contributed by atoms with Crippen molar-refractivity contribution in [2.75, 3.05) is 210 Å². The van der Waals surface area contributed by atoms with Crippen molar-refractivity contribution in [1.29, 1.82) is 0 Å². The van der Waals surface area contributed by atoms with Crippen LogP contribution in [0.3, 0.4) is 0 Å². The van der Waals surface area contributed by atoms with Crippen LogP contribution >= 0.6 is 0 Å². The van der Waals surface area contributed by atoms with Crippen molar-refractivity contribution in [3.63, 3.8) is 0 Å². The number of H-pyrrole nitrogens is 2. The molecule has 24 nitrogen and oxygen atoms in total. The Balaban J connectivity index is 0.894. The average molecular weight is 1640 g/mol. The molecule has 650 valence electrons. The first-order valence-corrected chi connectivity index (χ1v) is 47.9. The number of piperidine rings is 8. The van der Waals surface area contributed by atoms with Gasteiger partial charge in [0.15, 0.2) is 23.3 Å². The van der Waals surface area contributed by atoms with Crippen LogP contribution in [0.2, 0.25) is 0 Å².